The van der Waals surface area contributed by atoms with Crippen LogP contribution in [0.1, 0.15) is 10.4 Å². The first-order chi connectivity index (χ1) is 14.2. The molecule has 1 aliphatic heterocycles. The van der Waals surface area contributed by atoms with E-state index in [1.807, 2.05) is 0 Å². The number of rotatable bonds is 4. The van der Waals surface area contributed by atoms with Crippen molar-refractivity contribution in [3.63, 3.8) is 0 Å². The summed E-state index contributed by atoms with van der Waals surface area (Å²) >= 11 is 0. The van der Waals surface area contributed by atoms with Gasteiger partial charge in [-0.2, -0.15) is 0 Å². The van der Waals surface area contributed by atoms with Gasteiger partial charge in [0.2, 0.25) is 6.79 Å². The second kappa shape index (κ2) is 7.19. The first-order valence-corrected chi connectivity index (χ1v) is 10.5. The number of hydrogen-bond acceptors (Lipinski definition) is 7. The number of pyridine rings is 1. The molecule has 1 aliphatic rings. The Labute approximate surface area is 170 Å². The summed E-state index contributed by atoms with van der Waals surface area (Å²) in [5, 5.41) is 14.9. The van der Waals surface area contributed by atoms with Crippen molar-refractivity contribution in [2.75, 3.05) is 23.7 Å². The fraction of sp³-hybridized carbons (Fsp3) is 0.105. The van der Waals surface area contributed by atoms with Gasteiger partial charge in [-0.05, 0) is 36.4 Å². The number of benzene rings is 2. The third-order valence-electron chi connectivity index (χ3n) is 4.31. The molecule has 30 heavy (non-hydrogen) atoms. The Bertz CT molecular complexity index is 1290. The molecule has 0 atom stereocenters. The number of nitrogens with one attached hydrogen (secondary N) is 2. The Morgan fingerprint density at radius 3 is 2.33 bits per heavy atom. The lowest BCUT2D eigenvalue weighted by Gasteiger charge is -2.11. The summed E-state index contributed by atoms with van der Waals surface area (Å²) in [6, 6.07) is 9.39. The topological polar surface area (TPSA) is 144 Å². The van der Waals surface area contributed by atoms with Crippen LogP contribution in [0.5, 0.6) is 11.5 Å². The minimum absolute atomic E-state index is 0.0586. The van der Waals surface area contributed by atoms with E-state index in [4.69, 9.17) is 9.47 Å². The van der Waals surface area contributed by atoms with Crippen LogP contribution in [0.4, 0.5) is 16.3 Å². The highest BCUT2D eigenvalue weighted by Gasteiger charge is 2.20. The zero-order chi connectivity index (χ0) is 21.5. The van der Waals surface area contributed by atoms with Crippen molar-refractivity contribution in [1.29, 1.82) is 0 Å². The van der Waals surface area contributed by atoms with Gasteiger partial charge in [0.25, 0.3) is 0 Å². The van der Waals surface area contributed by atoms with Gasteiger partial charge in [-0.25, -0.2) is 23.0 Å². The van der Waals surface area contributed by atoms with Gasteiger partial charge in [0, 0.05) is 23.4 Å². The number of ether oxygens (including phenoxy) is 2. The van der Waals surface area contributed by atoms with Crippen molar-refractivity contribution < 1.29 is 32.6 Å². The first kappa shape index (κ1) is 19.5. The Morgan fingerprint density at radius 1 is 1.03 bits per heavy atom. The van der Waals surface area contributed by atoms with Crippen LogP contribution in [0, 0.1) is 0 Å². The highest BCUT2D eigenvalue weighted by Crippen LogP contribution is 2.36. The van der Waals surface area contributed by atoms with Crippen molar-refractivity contribution >= 4 is 44.2 Å². The summed E-state index contributed by atoms with van der Waals surface area (Å²) < 4.78 is 33.6. The van der Waals surface area contributed by atoms with Gasteiger partial charge in [0.1, 0.15) is 11.4 Å². The van der Waals surface area contributed by atoms with E-state index in [2.05, 4.69) is 15.6 Å². The minimum atomic E-state index is -3.36. The molecule has 0 bridgehead atoms. The predicted molar refractivity (Wildman–Crippen MR) is 107 cm³/mol. The van der Waals surface area contributed by atoms with Crippen molar-refractivity contribution in [3.8, 4) is 11.5 Å². The molecular weight excluding hydrogens is 414 g/mol. The summed E-state index contributed by atoms with van der Waals surface area (Å²) in [6.45, 7) is 0.0586. The fourth-order valence-corrected chi connectivity index (χ4v) is 3.51. The smallest absolute Gasteiger partial charge is 0.339 e. The molecule has 2 heterocycles. The predicted octanol–water partition coefficient (Wildman–Crippen LogP) is 2.71. The number of carbonyl (C=O) groups excluding carboxylic acids is 1. The Morgan fingerprint density at radius 2 is 1.70 bits per heavy atom. The number of nitrogens with zero attached hydrogens (tertiary/aromatic N) is 1. The monoisotopic (exact) mass is 429 g/mol. The first-order valence-electron chi connectivity index (χ1n) is 8.56. The van der Waals surface area contributed by atoms with Crippen LogP contribution in [0.2, 0.25) is 0 Å². The van der Waals surface area contributed by atoms with E-state index in [0.29, 0.717) is 28.1 Å². The van der Waals surface area contributed by atoms with Crippen LogP contribution in [-0.2, 0) is 9.84 Å². The van der Waals surface area contributed by atoms with Gasteiger partial charge in [-0.1, -0.05) is 0 Å². The highest BCUT2D eigenvalue weighted by molar-refractivity contribution is 7.90. The fourth-order valence-electron chi connectivity index (χ4n) is 2.88. The number of aromatic nitrogens is 1. The van der Waals surface area contributed by atoms with Crippen molar-refractivity contribution in [3.05, 3.63) is 48.0 Å². The minimum Gasteiger partial charge on any atom is -0.478 e. The molecule has 0 spiro atoms. The van der Waals surface area contributed by atoms with Crippen LogP contribution in [0.15, 0.2) is 47.4 Å². The second-order valence-electron chi connectivity index (χ2n) is 6.46. The lowest BCUT2D eigenvalue weighted by atomic mass is 10.1. The van der Waals surface area contributed by atoms with E-state index in [0.717, 1.165) is 6.26 Å². The van der Waals surface area contributed by atoms with Crippen LogP contribution in [0.3, 0.4) is 0 Å². The van der Waals surface area contributed by atoms with E-state index in [1.165, 1.54) is 30.3 Å². The number of aromatic carboxylic acids is 1. The molecule has 4 rings (SSSR count). The third-order valence-corrected chi connectivity index (χ3v) is 5.44. The molecule has 0 fully saturated rings. The quantitative estimate of drug-likeness (QED) is 0.574. The maximum Gasteiger partial charge on any atom is 0.339 e. The van der Waals surface area contributed by atoms with Gasteiger partial charge >= 0.3 is 12.0 Å². The maximum absolute atomic E-state index is 12.3. The molecule has 1 aromatic heterocycles. The largest absolute Gasteiger partial charge is 0.478 e. The van der Waals surface area contributed by atoms with Crippen LogP contribution in [0.25, 0.3) is 10.9 Å². The number of carboxylic acids is 1. The maximum atomic E-state index is 12.3. The molecule has 11 heteroatoms. The van der Waals surface area contributed by atoms with Gasteiger partial charge in [-0.3, -0.25) is 5.32 Å². The number of fused-ring (bicyclic) bond motifs is 2. The zero-order valence-corrected chi connectivity index (χ0v) is 16.3. The number of carboxylic acid groups (broad SMARTS) is 1. The van der Waals surface area contributed by atoms with E-state index in [9.17, 15) is 23.1 Å². The normalized spacial score (nSPS) is 12.6. The molecule has 0 saturated heterocycles. The van der Waals surface area contributed by atoms with Gasteiger partial charge in [0.05, 0.1) is 10.4 Å². The van der Waals surface area contributed by atoms with Crippen LogP contribution in [-0.4, -0.2) is 43.6 Å². The average molecular weight is 429 g/mol. The highest BCUT2D eigenvalue weighted by atomic mass is 32.2. The van der Waals surface area contributed by atoms with Gasteiger partial charge in [0.15, 0.2) is 21.3 Å². The summed E-state index contributed by atoms with van der Waals surface area (Å²) in [4.78, 5) is 28.3. The Hall–Kier alpha value is -3.86. The average Bonchev–Trinajstić information content (AvgIpc) is 3.12. The number of sulfone groups is 1. The number of amides is 2. The Kier molecular flexibility index (Phi) is 4.66. The molecule has 3 N–H and O–H groups in total. The SMILES string of the molecule is CS(=O)(=O)c1ccc(NC(=O)Nc2nc3cc4c(cc3cc2C(=O)O)OCO4)cc1. The number of hydrogen-bond donors (Lipinski definition) is 3. The van der Waals surface area contributed by atoms with Crippen molar-refractivity contribution in [2.45, 2.75) is 4.90 Å². The molecular formula is C19H15N3O7S. The third kappa shape index (κ3) is 3.82. The molecule has 10 nitrogen and oxygen atoms in total. The lowest BCUT2D eigenvalue weighted by molar-refractivity contribution is 0.0698. The van der Waals surface area contributed by atoms with Crippen LogP contribution < -0.4 is 20.1 Å². The molecule has 154 valence electrons. The van der Waals surface area contributed by atoms with Crippen molar-refractivity contribution in [2.24, 2.45) is 0 Å². The zero-order valence-electron chi connectivity index (χ0n) is 15.5. The van der Waals surface area contributed by atoms with E-state index in [-0.39, 0.29) is 23.1 Å². The molecule has 0 saturated carbocycles. The van der Waals surface area contributed by atoms with Gasteiger partial charge < -0.3 is 19.9 Å². The molecule has 2 amide bonds. The van der Waals surface area contributed by atoms with Gasteiger partial charge in [-0.15, -0.1) is 0 Å². The molecule has 0 radical (unpaired) electrons. The number of anilines is 2. The van der Waals surface area contributed by atoms with E-state index in [1.54, 1.807) is 12.1 Å². The van der Waals surface area contributed by atoms with Crippen LogP contribution >= 0.6 is 0 Å². The standard InChI is InChI=1S/C19H15N3O7S/c1-30(26,27)12-4-2-11(3-5-12)20-19(25)22-17-13(18(23)24)6-10-7-15-16(29-9-28-15)8-14(10)21-17/h2-8H,9H2,1H3,(H,23,24)(H2,20,21,22,25). The summed E-state index contributed by atoms with van der Waals surface area (Å²) in [6.07, 6.45) is 1.08. The number of carbonyl (C=O) groups is 2. The molecule has 2 aromatic carbocycles. The molecule has 0 unspecified atom stereocenters. The Balaban J connectivity index is 1.60. The van der Waals surface area contributed by atoms with E-state index < -0.39 is 21.8 Å². The molecule has 3 aromatic rings. The van der Waals surface area contributed by atoms with Crippen molar-refractivity contribution in [1.82, 2.24) is 4.98 Å². The summed E-state index contributed by atoms with van der Waals surface area (Å²) in [5.41, 5.74) is 0.530. The lowest BCUT2D eigenvalue weighted by Crippen LogP contribution is -2.22. The number of urea groups is 1. The van der Waals surface area contributed by atoms with E-state index >= 15 is 0 Å². The molecule has 0 aliphatic carbocycles. The second-order valence-corrected chi connectivity index (χ2v) is 8.48. The summed E-state index contributed by atoms with van der Waals surface area (Å²) in [5.74, 6) is -0.468. The summed E-state index contributed by atoms with van der Waals surface area (Å²) in [7, 11) is -3.36.